The molecule has 0 fully saturated rings. The topological polar surface area (TPSA) is 58.6 Å². The molecule has 20 heavy (non-hydrogen) atoms. The third-order valence-corrected chi connectivity index (χ3v) is 3.00. The van der Waals surface area contributed by atoms with E-state index in [1.165, 1.54) is 0 Å². The van der Waals surface area contributed by atoms with Crippen molar-refractivity contribution in [2.45, 2.75) is 52.9 Å². The van der Waals surface area contributed by atoms with Crippen LogP contribution in [0.15, 0.2) is 0 Å². The zero-order valence-electron chi connectivity index (χ0n) is 13.2. The van der Waals surface area contributed by atoms with Crippen molar-refractivity contribution in [3.05, 3.63) is 0 Å². The summed E-state index contributed by atoms with van der Waals surface area (Å²) >= 11 is 0. The minimum atomic E-state index is -0.221. The Kier molecular flexibility index (Phi) is 12.2. The van der Waals surface area contributed by atoms with Crippen LogP contribution >= 0.6 is 0 Å². The summed E-state index contributed by atoms with van der Waals surface area (Å²) in [6, 6.07) is 0. The molecule has 0 aromatic heterocycles. The highest BCUT2D eigenvalue weighted by Gasteiger charge is 2.12. The third-order valence-electron chi connectivity index (χ3n) is 3.00. The Morgan fingerprint density at radius 3 is 2.15 bits per heavy atom. The van der Waals surface area contributed by atoms with Crippen molar-refractivity contribution >= 4 is 11.9 Å². The Labute approximate surface area is 123 Å². The molecule has 118 valence electrons. The van der Waals surface area contributed by atoms with Crippen LogP contribution in [0.3, 0.4) is 0 Å². The van der Waals surface area contributed by atoms with Crippen molar-refractivity contribution < 1.29 is 14.3 Å². The predicted molar refractivity (Wildman–Crippen MR) is 80.5 cm³/mol. The van der Waals surface area contributed by atoms with E-state index in [1.54, 1.807) is 6.92 Å². The molecule has 0 rings (SSSR count). The van der Waals surface area contributed by atoms with Crippen LogP contribution in [0.1, 0.15) is 52.9 Å². The van der Waals surface area contributed by atoms with Crippen molar-refractivity contribution in [2.24, 2.45) is 0 Å². The number of unbranched alkanes of at least 4 members (excludes halogenated alkanes) is 2. The molecule has 0 aliphatic carbocycles. The van der Waals surface area contributed by atoms with Crippen LogP contribution in [-0.2, 0) is 14.3 Å². The van der Waals surface area contributed by atoms with E-state index in [0.717, 1.165) is 38.8 Å². The fourth-order valence-electron chi connectivity index (χ4n) is 1.79. The molecule has 0 bridgehead atoms. The number of rotatable bonds is 12. The van der Waals surface area contributed by atoms with Gasteiger partial charge < -0.3 is 15.0 Å². The van der Waals surface area contributed by atoms with Gasteiger partial charge in [0.25, 0.3) is 0 Å². The van der Waals surface area contributed by atoms with Gasteiger partial charge >= 0.3 is 5.97 Å². The Balaban J connectivity index is 3.90. The van der Waals surface area contributed by atoms with Crippen LogP contribution in [0.25, 0.3) is 0 Å². The minimum absolute atomic E-state index is 0.121. The molecule has 0 radical (unpaired) electrons. The highest BCUT2D eigenvalue weighted by molar-refractivity contribution is 5.78. The number of amides is 1. The number of hydrogen-bond donors (Lipinski definition) is 1. The fourth-order valence-corrected chi connectivity index (χ4v) is 1.79. The molecule has 0 unspecified atom stereocenters. The maximum Gasteiger partial charge on any atom is 0.307 e. The second kappa shape index (κ2) is 12.9. The quantitative estimate of drug-likeness (QED) is 0.440. The molecule has 0 heterocycles. The van der Waals surface area contributed by atoms with Gasteiger partial charge in [-0.15, -0.1) is 0 Å². The molecule has 1 amide bonds. The Bertz CT molecular complexity index is 262. The highest BCUT2D eigenvalue weighted by atomic mass is 16.5. The molecule has 0 saturated carbocycles. The molecule has 0 spiro atoms. The smallest absolute Gasteiger partial charge is 0.307 e. The van der Waals surface area contributed by atoms with Crippen LogP contribution in [0.2, 0.25) is 0 Å². The zero-order valence-corrected chi connectivity index (χ0v) is 13.2. The van der Waals surface area contributed by atoms with Gasteiger partial charge in [-0.05, 0) is 19.8 Å². The maximum atomic E-state index is 12.1. The summed E-state index contributed by atoms with van der Waals surface area (Å²) in [7, 11) is 0. The summed E-state index contributed by atoms with van der Waals surface area (Å²) in [6.45, 7) is 8.88. The maximum absolute atomic E-state index is 12.1. The van der Waals surface area contributed by atoms with Gasteiger partial charge in [-0.2, -0.15) is 0 Å². The standard InChI is InChI=1S/C15H30N2O3/c1-4-7-11-17(12-8-5-2)14(18)13-16-10-9-15(19)20-6-3/h16H,4-13H2,1-3H3. The van der Waals surface area contributed by atoms with Crippen LogP contribution in [-0.4, -0.2) is 49.6 Å². The normalized spacial score (nSPS) is 10.3. The molecular weight excluding hydrogens is 256 g/mol. The largest absolute Gasteiger partial charge is 0.466 e. The molecule has 0 atom stereocenters. The first kappa shape index (κ1) is 18.9. The summed E-state index contributed by atoms with van der Waals surface area (Å²) in [6.07, 6.45) is 4.57. The summed E-state index contributed by atoms with van der Waals surface area (Å²) < 4.78 is 4.83. The van der Waals surface area contributed by atoms with Gasteiger partial charge in [0, 0.05) is 19.6 Å². The van der Waals surface area contributed by atoms with Gasteiger partial charge in [-0.1, -0.05) is 26.7 Å². The monoisotopic (exact) mass is 286 g/mol. The summed E-state index contributed by atoms with van der Waals surface area (Å²) in [5.74, 6) is -0.1000. The highest BCUT2D eigenvalue weighted by Crippen LogP contribution is 1.99. The first-order valence-corrected chi connectivity index (χ1v) is 7.79. The number of nitrogens with one attached hydrogen (secondary N) is 1. The first-order chi connectivity index (χ1) is 9.65. The van der Waals surface area contributed by atoms with E-state index < -0.39 is 0 Å². The van der Waals surface area contributed by atoms with Gasteiger partial charge in [0.05, 0.1) is 19.6 Å². The minimum Gasteiger partial charge on any atom is -0.466 e. The van der Waals surface area contributed by atoms with Crippen LogP contribution < -0.4 is 5.32 Å². The van der Waals surface area contributed by atoms with E-state index in [0.29, 0.717) is 26.1 Å². The van der Waals surface area contributed by atoms with E-state index in [4.69, 9.17) is 4.74 Å². The van der Waals surface area contributed by atoms with Crippen molar-refractivity contribution in [2.75, 3.05) is 32.8 Å². The molecular formula is C15H30N2O3. The van der Waals surface area contributed by atoms with E-state index in [-0.39, 0.29) is 11.9 Å². The predicted octanol–water partition coefficient (Wildman–Crippen LogP) is 1.96. The van der Waals surface area contributed by atoms with Crippen LogP contribution in [0.5, 0.6) is 0 Å². The Morgan fingerprint density at radius 1 is 1.05 bits per heavy atom. The molecule has 5 nitrogen and oxygen atoms in total. The second-order valence-electron chi connectivity index (χ2n) is 4.82. The average Bonchev–Trinajstić information content (AvgIpc) is 2.44. The number of hydrogen-bond acceptors (Lipinski definition) is 4. The van der Waals surface area contributed by atoms with Crippen molar-refractivity contribution in [3.63, 3.8) is 0 Å². The summed E-state index contributed by atoms with van der Waals surface area (Å²) in [5, 5.41) is 3.02. The second-order valence-corrected chi connectivity index (χ2v) is 4.82. The van der Waals surface area contributed by atoms with Crippen molar-refractivity contribution in [1.29, 1.82) is 0 Å². The number of carbonyl (C=O) groups is 2. The molecule has 1 N–H and O–H groups in total. The van der Waals surface area contributed by atoms with Crippen LogP contribution in [0.4, 0.5) is 0 Å². The summed E-state index contributed by atoms with van der Waals surface area (Å²) in [4.78, 5) is 25.1. The van der Waals surface area contributed by atoms with E-state index in [2.05, 4.69) is 19.2 Å². The molecule has 0 aromatic carbocycles. The summed E-state index contributed by atoms with van der Waals surface area (Å²) in [5.41, 5.74) is 0. The van der Waals surface area contributed by atoms with Gasteiger partial charge in [0.2, 0.25) is 5.91 Å². The third kappa shape index (κ3) is 9.78. The first-order valence-electron chi connectivity index (χ1n) is 7.79. The lowest BCUT2D eigenvalue weighted by Crippen LogP contribution is -2.39. The lowest BCUT2D eigenvalue weighted by atomic mass is 10.2. The van der Waals surface area contributed by atoms with E-state index >= 15 is 0 Å². The number of ether oxygens (including phenoxy) is 1. The Morgan fingerprint density at radius 2 is 1.65 bits per heavy atom. The average molecular weight is 286 g/mol. The van der Waals surface area contributed by atoms with E-state index in [1.807, 2.05) is 4.90 Å². The van der Waals surface area contributed by atoms with Crippen LogP contribution in [0, 0.1) is 0 Å². The van der Waals surface area contributed by atoms with Gasteiger partial charge in [-0.3, -0.25) is 9.59 Å². The van der Waals surface area contributed by atoms with Crippen molar-refractivity contribution in [1.82, 2.24) is 10.2 Å². The lowest BCUT2D eigenvalue weighted by molar-refractivity contribution is -0.143. The fraction of sp³-hybridized carbons (Fsp3) is 0.867. The number of carbonyl (C=O) groups excluding carboxylic acids is 2. The lowest BCUT2D eigenvalue weighted by Gasteiger charge is -2.22. The van der Waals surface area contributed by atoms with Crippen molar-refractivity contribution in [3.8, 4) is 0 Å². The zero-order chi connectivity index (χ0) is 15.2. The number of esters is 1. The van der Waals surface area contributed by atoms with Gasteiger partial charge in [-0.25, -0.2) is 0 Å². The molecule has 0 aliphatic rings. The van der Waals surface area contributed by atoms with Gasteiger partial charge in [0.1, 0.15) is 0 Å². The number of nitrogens with zero attached hydrogens (tertiary/aromatic N) is 1. The Hall–Kier alpha value is -1.10. The SMILES string of the molecule is CCCCN(CCCC)C(=O)CNCCC(=O)OCC. The molecule has 0 aliphatic heterocycles. The van der Waals surface area contributed by atoms with E-state index in [9.17, 15) is 9.59 Å². The molecule has 0 saturated heterocycles. The molecule has 0 aromatic rings. The van der Waals surface area contributed by atoms with Gasteiger partial charge in [0.15, 0.2) is 0 Å². The molecule has 5 heteroatoms.